The van der Waals surface area contributed by atoms with Gasteiger partial charge in [-0.1, -0.05) is 0 Å². The van der Waals surface area contributed by atoms with Crippen LogP contribution in [0.2, 0.25) is 0 Å². The molecule has 5 aliphatic rings. The minimum absolute atomic E-state index is 0.753. The standard InChI is InChI=1S/C34H58N2O26/c1-8(42)35-15-20(47)17(44)10(3-37)55-31(15)60-27-14(7-41)58-34(59-26-13(6-40)54-30(53)23(50)22(26)49)25(52)29(27)62-33-24(51)28(19(46)12(5-39)57-33)61-32-16(36-9(2)43)21(48)18(45)11(4-38)56-32/h10-34,37-41,44-53H,3-7H2,1-2H3,(H,35,42)(H,36,43)/t10-,11-,12-,13-,14-,15-,16-,17+,18-,19+,20-,21-,22-,23-,24-,25-,26-,27+,28+,29-,30-,31+,32+,33-,34+/m1/s1. The first-order chi connectivity index (χ1) is 29.3. The smallest absolute Gasteiger partial charge is 0.217 e. The van der Waals surface area contributed by atoms with E-state index in [1.54, 1.807) is 0 Å². The van der Waals surface area contributed by atoms with Crippen LogP contribution >= 0.6 is 0 Å². The van der Waals surface area contributed by atoms with Crippen molar-refractivity contribution in [3.05, 3.63) is 0 Å². The number of carbonyl (C=O) groups is 2. The minimum atomic E-state index is -2.24. The number of aliphatic hydroxyl groups is 15. The zero-order valence-electron chi connectivity index (χ0n) is 33.2. The summed E-state index contributed by atoms with van der Waals surface area (Å²) < 4.78 is 51.5. The maximum atomic E-state index is 12.2. The van der Waals surface area contributed by atoms with Gasteiger partial charge in [-0.25, -0.2) is 0 Å². The minimum Gasteiger partial charge on any atom is -0.394 e. The first-order valence-corrected chi connectivity index (χ1v) is 19.6. The largest absolute Gasteiger partial charge is 0.394 e. The topological polar surface area (TPSA) is 445 Å². The Bertz CT molecular complexity index is 1440. The number of amides is 2. The van der Waals surface area contributed by atoms with E-state index >= 15 is 0 Å². The molecule has 360 valence electrons. The van der Waals surface area contributed by atoms with Crippen molar-refractivity contribution < 1.29 is 129 Å². The highest BCUT2D eigenvalue weighted by Gasteiger charge is 2.57. The van der Waals surface area contributed by atoms with Gasteiger partial charge in [-0.15, -0.1) is 0 Å². The average molecular weight is 911 g/mol. The zero-order valence-corrected chi connectivity index (χ0v) is 33.2. The second kappa shape index (κ2) is 22.0. The Morgan fingerprint density at radius 2 is 0.742 bits per heavy atom. The predicted octanol–water partition coefficient (Wildman–Crippen LogP) is -11.6. The van der Waals surface area contributed by atoms with Crippen LogP contribution in [-0.2, 0) is 52.2 Å². The molecule has 0 aliphatic carbocycles. The van der Waals surface area contributed by atoms with Gasteiger partial charge in [0.05, 0.1) is 33.0 Å². The molecular formula is C34H58N2O26. The molecule has 0 unspecified atom stereocenters. The third-order valence-electron chi connectivity index (χ3n) is 11.1. The Labute approximate surface area is 351 Å². The summed E-state index contributed by atoms with van der Waals surface area (Å²) in [6.07, 6.45) is -43.4. The van der Waals surface area contributed by atoms with Gasteiger partial charge in [0.15, 0.2) is 31.5 Å². The monoisotopic (exact) mass is 910 g/mol. The van der Waals surface area contributed by atoms with Crippen LogP contribution in [0.4, 0.5) is 0 Å². The molecule has 0 saturated carbocycles. The Hall–Kier alpha value is -2.02. The highest BCUT2D eigenvalue weighted by atomic mass is 16.8. The number of rotatable bonds is 15. The molecule has 62 heavy (non-hydrogen) atoms. The summed E-state index contributed by atoms with van der Waals surface area (Å²) in [5, 5.41) is 164. The summed E-state index contributed by atoms with van der Waals surface area (Å²) in [5.74, 6) is -1.52. The second-order valence-electron chi connectivity index (χ2n) is 15.4. The normalized spacial score (nSPS) is 49.0. The molecule has 0 bridgehead atoms. The predicted molar refractivity (Wildman–Crippen MR) is 190 cm³/mol. The van der Waals surface area contributed by atoms with E-state index in [0.29, 0.717) is 0 Å². The van der Waals surface area contributed by atoms with Gasteiger partial charge < -0.3 is 130 Å². The van der Waals surface area contributed by atoms with Crippen molar-refractivity contribution in [2.24, 2.45) is 0 Å². The molecule has 28 heteroatoms. The number of nitrogens with one attached hydrogen (secondary N) is 2. The van der Waals surface area contributed by atoms with Crippen LogP contribution in [0, 0.1) is 0 Å². The van der Waals surface area contributed by atoms with Crippen molar-refractivity contribution in [1.29, 1.82) is 0 Å². The Kier molecular flexibility index (Phi) is 18.1. The van der Waals surface area contributed by atoms with Crippen LogP contribution < -0.4 is 10.6 Å². The van der Waals surface area contributed by atoms with Gasteiger partial charge in [0, 0.05) is 13.8 Å². The van der Waals surface area contributed by atoms with E-state index in [2.05, 4.69) is 10.6 Å². The molecule has 5 saturated heterocycles. The first-order valence-electron chi connectivity index (χ1n) is 19.6. The Balaban J connectivity index is 1.51. The van der Waals surface area contributed by atoms with Gasteiger partial charge in [-0.2, -0.15) is 0 Å². The van der Waals surface area contributed by atoms with Gasteiger partial charge in [-0.05, 0) is 0 Å². The molecule has 0 radical (unpaired) electrons. The average Bonchev–Trinajstić information content (AvgIpc) is 3.23. The zero-order chi connectivity index (χ0) is 45.9. The molecular weight excluding hydrogens is 852 g/mol. The quantitative estimate of drug-likeness (QED) is 0.0725. The number of carbonyl (C=O) groups excluding carboxylic acids is 2. The molecule has 0 aromatic carbocycles. The van der Waals surface area contributed by atoms with E-state index in [0.717, 1.165) is 13.8 Å². The molecule has 5 aliphatic heterocycles. The number of aliphatic hydroxyl groups excluding tert-OH is 15. The lowest BCUT2D eigenvalue weighted by atomic mass is 9.94. The first kappa shape index (κ1) is 51.0. The van der Waals surface area contributed by atoms with Crippen LogP contribution in [0.1, 0.15) is 13.8 Å². The molecule has 0 aromatic rings. The van der Waals surface area contributed by atoms with Gasteiger partial charge in [-0.3, -0.25) is 9.59 Å². The van der Waals surface area contributed by atoms with Gasteiger partial charge in [0.2, 0.25) is 11.8 Å². The fraction of sp³-hybridized carbons (Fsp3) is 0.941. The lowest BCUT2D eigenvalue weighted by molar-refractivity contribution is -0.399. The number of hydrogen-bond acceptors (Lipinski definition) is 26. The number of ether oxygens (including phenoxy) is 9. The van der Waals surface area contributed by atoms with Gasteiger partial charge in [0.1, 0.15) is 122 Å². The van der Waals surface area contributed by atoms with Crippen molar-refractivity contribution in [2.45, 2.75) is 167 Å². The van der Waals surface area contributed by atoms with Gasteiger partial charge in [0.25, 0.3) is 0 Å². The molecule has 28 nitrogen and oxygen atoms in total. The van der Waals surface area contributed by atoms with Crippen molar-refractivity contribution in [2.75, 3.05) is 33.0 Å². The highest BCUT2D eigenvalue weighted by molar-refractivity contribution is 5.73. The van der Waals surface area contributed by atoms with E-state index in [1.807, 2.05) is 0 Å². The molecule has 0 aromatic heterocycles. The molecule has 25 atom stereocenters. The lowest BCUT2D eigenvalue weighted by Gasteiger charge is -2.51. The maximum Gasteiger partial charge on any atom is 0.217 e. The number of hydrogen-bond donors (Lipinski definition) is 17. The van der Waals surface area contributed by atoms with E-state index in [-0.39, 0.29) is 0 Å². The summed E-state index contributed by atoms with van der Waals surface area (Å²) in [6, 6.07) is -3.22. The third kappa shape index (κ3) is 10.8. The van der Waals surface area contributed by atoms with E-state index < -0.39 is 198 Å². The Morgan fingerprint density at radius 3 is 1.19 bits per heavy atom. The van der Waals surface area contributed by atoms with Crippen LogP contribution in [0.25, 0.3) is 0 Å². The van der Waals surface area contributed by atoms with Crippen molar-refractivity contribution in [3.63, 3.8) is 0 Å². The van der Waals surface area contributed by atoms with E-state index in [9.17, 15) is 86.2 Å². The molecule has 5 rings (SSSR count). The third-order valence-corrected chi connectivity index (χ3v) is 11.1. The maximum absolute atomic E-state index is 12.2. The van der Waals surface area contributed by atoms with E-state index in [4.69, 9.17) is 42.6 Å². The van der Waals surface area contributed by atoms with Crippen molar-refractivity contribution in [1.82, 2.24) is 10.6 Å². The highest BCUT2D eigenvalue weighted by Crippen LogP contribution is 2.37. The summed E-state index contributed by atoms with van der Waals surface area (Å²) in [5.41, 5.74) is 0. The van der Waals surface area contributed by atoms with Crippen LogP contribution in [0.15, 0.2) is 0 Å². The SMILES string of the molecule is CC(=O)N[C@H]1[C@H](O[C@@H]2[C@H](O[C@H]3O[C@H](CO)[C@H](O)[C@H](O[C@@H]4O[C@H](CO)[C@@H](O)[C@H](O)[C@H]4NC(C)=O)[C@H]3O)[C@@H](O)[C@H](O[C@H]3[C@H](O)[C@@H](O)[C@H](O)O[C@@H]3CO)O[C@@H]2CO)O[C@H](CO)[C@H](O)[C@@H]1O. The summed E-state index contributed by atoms with van der Waals surface area (Å²) in [4.78, 5) is 24.2. The molecule has 5 fully saturated rings. The molecule has 0 spiro atoms. The summed E-state index contributed by atoms with van der Waals surface area (Å²) >= 11 is 0. The molecule has 17 N–H and O–H groups in total. The second-order valence-corrected chi connectivity index (χ2v) is 15.4. The van der Waals surface area contributed by atoms with Crippen LogP contribution in [0.3, 0.4) is 0 Å². The molecule has 2 amide bonds. The van der Waals surface area contributed by atoms with Crippen molar-refractivity contribution >= 4 is 11.8 Å². The fourth-order valence-electron chi connectivity index (χ4n) is 7.83. The van der Waals surface area contributed by atoms with Gasteiger partial charge >= 0.3 is 0 Å². The lowest BCUT2D eigenvalue weighted by Crippen LogP contribution is -2.70. The fourth-order valence-corrected chi connectivity index (χ4v) is 7.83. The Morgan fingerprint density at radius 1 is 0.387 bits per heavy atom. The molecule has 5 heterocycles. The summed E-state index contributed by atoms with van der Waals surface area (Å²) in [6.45, 7) is -2.68. The van der Waals surface area contributed by atoms with Crippen LogP contribution in [-0.4, -0.2) is 275 Å². The van der Waals surface area contributed by atoms with Crippen molar-refractivity contribution in [3.8, 4) is 0 Å². The van der Waals surface area contributed by atoms with E-state index in [1.165, 1.54) is 0 Å². The van der Waals surface area contributed by atoms with Crippen LogP contribution in [0.5, 0.6) is 0 Å². The summed E-state index contributed by atoms with van der Waals surface area (Å²) in [7, 11) is 0.